The van der Waals surface area contributed by atoms with Crippen molar-refractivity contribution < 1.29 is 19.4 Å². The van der Waals surface area contributed by atoms with Crippen LogP contribution in [0.4, 0.5) is 5.69 Å². The third-order valence-electron chi connectivity index (χ3n) is 4.13. The van der Waals surface area contributed by atoms with Crippen LogP contribution in [0.3, 0.4) is 0 Å². The molecular formula is C20H14Cl3NO4S. The zero-order chi connectivity index (χ0) is 21.3. The van der Waals surface area contributed by atoms with E-state index in [0.29, 0.717) is 4.88 Å². The lowest BCUT2D eigenvalue weighted by molar-refractivity contribution is 0.0699. The molecule has 3 rings (SSSR count). The van der Waals surface area contributed by atoms with Gasteiger partial charge in [-0.15, -0.1) is 11.3 Å². The summed E-state index contributed by atoms with van der Waals surface area (Å²) in [4.78, 5) is 25.3. The van der Waals surface area contributed by atoms with Crippen molar-refractivity contribution in [2.75, 3.05) is 12.4 Å². The number of aryl methyl sites for hydroxylation is 1. The van der Waals surface area contributed by atoms with Crippen LogP contribution in [0.1, 0.15) is 26.3 Å². The Hall–Kier alpha value is -2.25. The number of carboxylic acid groups (broad SMARTS) is 1. The summed E-state index contributed by atoms with van der Waals surface area (Å²) in [7, 11) is 1.36. The Labute approximate surface area is 185 Å². The highest BCUT2D eigenvalue weighted by Gasteiger charge is 2.25. The van der Waals surface area contributed by atoms with Gasteiger partial charge in [-0.05, 0) is 18.6 Å². The molecular weight excluding hydrogens is 457 g/mol. The average Bonchev–Trinajstić information content (AvgIpc) is 3.06. The Morgan fingerprint density at radius 3 is 2.31 bits per heavy atom. The van der Waals surface area contributed by atoms with Crippen molar-refractivity contribution in [3.8, 4) is 16.2 Å². The van der Waals surface area contributed by atoms with Crippen LogP contribution in [0, 0.1) is 6.92 Å². The molecule has 0 aliphatic heterocycles. The molecule has 0 spiro atoms. The monoisotopic (exact) mass is 469 g/mol. The van der Waals surface area contributed by atoms with E-state index in [1.807, 2.05) is 31.2 Å². The second kappa shape index (κ2) is 8.63. The molecule has 0 fully saturated rings. The van der Waals surface area contributed by atoms with Crippen molar-refractivity contribution >= 4 is 63.7 Å². The minimum absolute atomic E-state index is 0.0135. The van der Waals surface area contributed by atoms with Crippen molar-refractivity contribution in [2.45, 2.75) is 6.92 Å². The quantitative estimate of drug-likeness (QED) is 0.438. The van der Waals surface area contributed by atoms with Gasteiger partial charge in [-0.1, -0.05) is 64.6 Å². The molecule has 5 nitrogen and oxygen atoms in total. The van der Waals surface area contributed by atoms with Gasteiger partial charge >= 0.3 is 5.97 Å². The second-order valence-corrected chi connectivity index (χ2v) is 8.11. The third-order valence-corrected chi connectivity index (χ3v) is 6.09. The molecule has 29 heavy (non-hydrogen) atoms. The number of carbonyl (C=O) groups excluding carboxylic acids is 1. The van der Waals surface area contributed by atoms with Crippen molar-refractivity contribution in [1.29, 1.82) is 0 Å². The number of carboxylic acids is 1. The SMILES string of the molecule is COc1c(Cl)cc(Cl)c(C(=O)Nc2csc(-c3ccc(C)cc3)c2C(=O)O)c1Cl. The minimum Gasteiger partial charge on any atom is -0.494 e. The predicted molar refractivity (Wildman–Crippen MR) is 117 cm³/mol. The van der Waals surface area contributed by atoms with E-state index in [-0.39, 0.29) is 37.6 Å². The van der Waals surface area contributed by atoms with Crippen molar-refractivity contribution in [1.82, 2.24) is 0 Å². The molecule has 2 aromatic carbocycles. The number of halogens is 3. The summed E-state index contributed by atoms with van der Waals surface area (Å²) in [5.74, 6) is -1.74. The van der Waals surface area contributed by atoms with Crippen LogP contribution >= 0.6 is 46.1 Å². The van der Waals surface area contributed by atoms with Crippen molar-refractivity contribution in [3.63, 3.8) is 0 Å². The van der Waals surface area contributed by atoms with Gasteiger partial charge in [-0.3, -0.25) is 4.79 Å². The Morgan fingerprint density at radius 2 is 1.72 bits per heavy atom. The molecule has 2 N–H and O–H groups in total. The zero-order valence-corrected chi connectivity index (χ0v) is 18.3. The highest BCUT2D eigenvalue weighted by molar-refractivity contribution is 7.14. The number of thiophene rings is 1. The van der Waals surface area contributed by atoms with E-state index in [0.717, 1.165) is 11.1 Å². The molecule has 1 heterocycles. The summed E-state index contributed by atoms with van der Waals surface area (Å²) in [6, 6.07) is 8.77. The number of rotatable bonds is 5. The lowest BCUT2D eigenvalue weighted by Crippen LogP contribution is -2.15. The van der Waals surface area contributed by atoms with Crippen LogP contribution in [0.25, 0.3) is 10.4 Å². The first-order valence-electron chi connectivity index (χ1n) is 8.19. The van der Waals surface area contributed by atoms with Gasteiger partial charge in [-0.2, -0.15) is 0 Å². The molecule has 0 saturated carbocycles. The molecule has 3 aromatic rings. The molecule has 1 aromatic heterocycles. The number of aromatic carboxylic acids is 1. The Bertz CT molecular complexity index is 1110. The molecule has 0 atom stereocenters. The van der Waals surface area contributed by atoms with Crippen molar-refractivity contribution in [2.24, 2.45) is 0 Å². The van der Waals surface area contributed by atoms with Gasteiger partial charge in [0, 0.05) is 5.38 Å². The number of benzene rings is 2. The summed E-state index contributed by atoms with van der Waals surface area (Å²) in [6.07, 6.45) is 0. The van der Waals surface area contributed by atoms with Gasteiger partial charge in [0.1, 0.15) is 5.56 Å². The summed E-state index contributed by atoms with van der Waals surface area (Å²) in [5, 5.41) is 14.0. The molecule has 0 radical (unpaired) electrons. The fraction of sp³-hybridized carbons (Fsp3) is 0.100. The number of anilines is 1. The van der Waals surface area contributed by atoms with Gasteiger partial charge < -0.3 is 15.2 Å². The van der Waals surface area contributed by atoms with Gasteiger partial charge in [0.2, 0.25) is 0 Å². The maximum Gasteiger partial charge on any atom is 0.339 e. The molecule has 0 saturated heterocycles. The maximum absolute atomic E-state index is 12.8. The normalized spacial score (nSPS) is 10.7. The molecule has 150 valence electrons. The largest absolute Gasteiger partial charge is 0.494 e. The zero-order valence-electron chi connectivity index (χ0n) is 15.2. The molecule has 1 amide bonds. The molecule has 9 heteroatoms. The van der Waals surface area contributed by atoms with Crippen LogP contribution in [-0.4, -0.2) is 24.1 Å². The highest BCUT2D eigenvalue weighted by Crippen LogP contribution is 2.41. The first-order chi connectivity index (χ1) is 13.7. The number of carbonyl (C=O) groups is 2. The van der Waals surface area contributed by atoms with E-state index >= 15 is 0 Å². The number of hydrogen-bond acceptors (Lipinski definition) is 4. The first kappa shape index (κ1) is 21.5. The lowest BCUT2D eigenvalue weighted by Gasteiger charge is -2.13. The lowest BCUT2D eigenvalue weighted by atomic mass is 10.1. The van der Waals surface area contributed by atoms with Crippen molar-refractivity contribution in [3.05, 3.63) is 67.5 Å². The Kier molecular flexibility index (Phi) is 6.39. The molecule has 0 bridgehead atoms. The highest BCUT2D eigenvalue weighted by atomic mass is 35.5. The second-order valence-electron chi connectivity index (χ2n) is 6.04. The minimum atomic E-state index is -1.16. The number of ether oxygens (including phenoxy) is 1. The number of hydrogen-bond donors (Lipinski definition) is 2. The van der Waals surface area contributed by atoms with E-state index < -0.39 is 11.9 Å². The maximum atomic E-state index is 12.8. The molecule has 0 aliphatic carbocycles. The van der Waals surface area contributed by atoms with Crippen LogP contribution in [-0.2, 0) is 0 Å². The van der Waals surface area contributed by atoms with Crippen LogP contribution in [0.5, 0.6) is 5.75 Å². The molecule has 0 unspecified atom stereocenters. The first-order valence-corrected chi connectivity index (χ1v) is 10.2. The fourth-order valence-electron chi connectivity index (χ4n) is 2.73. The Morgan fingerprint density at radius 1 is 1.07 bits per heavy atom. The summed E-state index contributed by atoms with van der Waals surface area (Å²) in [6.45, 7) is 1.94. The fourth-order valence-corrected chi connectivity index (χ4v) is 4.82. The number of amides is 1. The summed E-state index contributed by atoms with van der Waals surface area (Å²) in [5.41, 5.74) is 1.86. The Balaban J connectivity index is 2.02. The number of nitrogens with one attached hydrogen (secondary N) is 1. The van der Waals surface area contributed by atoms with Crippen LogP contribution in [0.15, 0.2) is 35.7 Å². The van der Waals surface area contributed by atoms with E-state index in [2.05, 4.69) is 5.32 Å². The predicted octanol–water partition coefficient (Wildman–Crippen LogP) is 6.64. The molecule has 0 aliphatic rings. The van der Waals surface area contributed by atoms with E-state index in [9.17, 15) is 14.7 Å². The van der Waals surface area contributed by atoms with Gasteiger partial charge in [0.25, 0.3) is 5.91 Å². The summed E-state index contributed by atoms with van der Waals surface area (Å²) < 4.78 is 5.11. The standard InChI is InChI=1S/C20H14Cl3NO4S/c1-9-3-5-10(6-4-9)18-15(20(26)27)13(8-29-18)24-19(25)14-11(21)7-12(22)17(28-2)16(14)23/h3-8H,1-2H3,(H,24,25)(H,26,27). The van der Waals surface area contributed by atoms with E-state index in [4.69, 9.17) is 39.5 Å². The topological polar surface area (TPSA) is 75.6 Å². The summed E-state index contributed by atoms with van der Waals surface area (Å²) >= 11 is 19.6. The van der Waals surface area contributed by atoms with Crippen LogP contribution in [0.2, 0.25) is 15.1 Å². The van der Waals surface area contributed by atoms with E-state index in [1.54, 1.807) is 5.38 Å². The van der Waals surface area contributed by atoms with Gasteiger partial charge in [-0.25, -0.2) is 4.79 Å². The van der Waals surface area contributed by atoms with E-state index in [1.165, 1.54) is 24.5 Å². The van der Waals surface area contributed by atoms with Gasteiger partial charge in [0.05, 0.1) is 38.3 Å². The van der Waals surface area contributed by atoms with Gasteiger partial charge in [0.15, 0.2) is 5.75 Å². The third kappa shape index (κ3) is 4.21. The average molecular weight is 471 g/mol. The van der Waals surface area contributed by atoms with Crippen LogP contribution < -0.4 is 10.1 Å². The smallest absolute Gasteiger partial charge is 0.339 e. The number of methoxy groups -OCH3 is 1.